The Morgan fingerprint density at radius 3 is 2.80 bits per heavy atom. The van der Waals surface area contributed by atoms with Crippen LogP contribution in [0.2, 0.25) is 0 Å². The first kappa shape index (κ1) is 11.3. The first-order chi connectivity index (χ1) is 7.07. The standard InChI is InChI=1S/C10H13NO4/c1-2-15-7-5-3-4-6(9(7)12)8(11)10(13)14/h3-5,8,12H,2,11H2,1H3,(H,13,14)/t8-/m0/s1. The second kappa shape index (κ2) is 4.65. The minimum Gasteiger partial charge on any atom is -0.504 e. The third kappa shape index (κ3) is 2.38. The van der Waals surface area contributed by atoms with Crippen LogP contribution in [0.3, 0.4) is 0 Å². The van der Waals surface area contributed by atoms with Gasteiger partial charge < -0.3 is 20.7 Å². The van der Waals surface area contributed by atoms with Crippen LogP contribution in [0.1, 0.15) is 18.5 Å². The van der Waals surface area contributed by atoms with Gasteiger partial charge in [0.05, 0.1) is 6.61 Å². The molecule has 0 aliphatic heterocycles. The SMILES string of the molecule is CCOc1cccc([C@H](N)C(=O)O)c1O. The van der Waals surface area contributed by atoms with Crippen molar-refractivity contribution < 1.29 is 19.7 Å². The van der Waals surface area contributed by atoms with Crippen molar-refractivity contribution in [2.24, 2.45) is 5.73 Å². The van der Waals surface area contributed by atoms with E-state index in [4.69, 9.17) is 15.6 Å². The zero-order valence-electron chi connectivity index (χ0n) is 8.30. The fourth-order valence-corrected chi connectivity index (χ4v) is 1.20. The molecule has 0 unspecified atom stereocenters. The Hall–Kier alpha value is -1.75. The van der Waals surface area contributed by atoms with Crippen molar-refractivity contribution in [3.63, 3.8) is 0 Å². The molecule has 0 aromatic heterocycles. The Labute approximate surface area is 87.1 Å². The lowest BCUT2D eigenvalue weighted by Gasteiger charge is -2.12. The van der Waals surface area contributed by atoms with Crippen LogP contribution in [-0.2, 0) is 4.79 Å². The second-order valence-electron chi connectivity index (χ2n) is 2.94. The Balaban J connectivity index is 3.08. The van der Waals surface area contributed by atoms with Gasteiger partial charge in [-0.1, -0.05) is 12.1 Å². The fourth-order valence-electron chi connectivity index (χ4n) is 1.20. The van der Waals surface area contributed by atoms with E-state index >= 15 is 0 Å². The molecule has 1 atom stereocenters. The van der Waals surface area contributed by atoms with Gasteiger partial charge in [-0.3, -0.25) is 4.79 Å². The van der Waals surface area contributed by atoms with E-state index in [1.54, 1.807) is 19.1 Å². The first-order valence-electron chi connectivity index (χ1n) is 4.51. The lowest BCUT2D eigenvalue weighted by Crippen LogP contribution is -2.20. The monoisotopic (exact) mass is 211 g/mol. The normalized spacial score (nSPS) is 12.1. The average molecular weight is 211 g/mol. The fraction of sp³-hybridized carbons (Fsp3) is 0.300. The summed E-state index contributed by atoms with van der Waals surface area (Å²) >= 11 is 0. The number of aromatic hydroxyl groups is 1. The van der Waals surface area contributed by atoms with Crippen LogP contribution in [0.5, 0.6) is 11.5 Å². The van der Waals surface area contributed by atoms with Crippen molar-refractivity contribution in [1.29, 1.82) is 0 Å². The summed E-state index contributed by atoms with van der Waals surface area (Å²) in [5.74, 6) is -1.17. The molecule has 1 aromatic carbocycles. The molecular weight excluding hydrogens is 198 g/mol. The molecule has 0 fully saturated rings. The largest absolute Gasteiger partial charge is 0.504 e. The number of benzene rings is 1. The number of carbonyl (C=O) groups is 1. The molecule has 0 aliphatic rings. The highest BCUT2D eigenvalue weighted by Gasteiger charge is 2.20. The van der Waals surface area contributed by atoms with Gasteiger partial charge in [-0.25, -0.2) is 0 Å². The molecular formula is C10H13NO4. The molecule has 0 saturated heterocycles. The van der Waals surface area contributed by atoms with Crippen molar-refractivity contribution in [3.8, 4) is 11.5 Å². The summed E-state index contributed by atoms with van der Waals surface area (Å²) in [6, 6.07) is 3.35. The maximum atomic E-state index is 10.6. The van der Waals surface area contributed by atoms with Crippen molar-refractivity contribution in [2.75, 3.05) is 6.61 Å². The van der Waals surface area contributed by atoms with E-state index in [0.29, 0.717) is 6.61 Å². The van der Waals surface area contributed by atoms with Gasteiger partial charge >= 0.3 is 5.97 Å². The molecule has 0 bridgehead atoms. The molecule has 5 heteroatoms. The van der Waals surface area contributed by atoms with E-state index in [-0.39, 0.29) is 17.1 Å². The van der Waals surface area contributed by atoms with Gasteiger partial charge in [-0.15, -0.1) is 0 Å². The molecule has 1 aromatic rings. The zero-order chi connectivity index (χ0) is 11.4. The molecule has 5 nitrogen and oxygen atoms in total. The number of nitrogens with two attached hydrogens (primary N) is 1. The number of para-hydroxylation sites is 1. The molecule has 0 aliphatic carbocycles. The summed E-state index contributed by atoms with van der Waals surface area (Å²) in [6.07, 6.45) is 0. The summed E-state index contributed by atoms with van der Waals surface area (Å²) < 4.78 is 5.11. The lowest BCUT2D eigenvalue weighted by molar-refractivity contribution is -0.138. The number of aliphatic carboxylic acids is 1. The molecule has 0 heterocycles. The maximum Gasteiger partial charge on any atom is 0.325 e. The Morgan fingerprint density at radius 1 is 1.60 bits per heavy atom. The number of phenolic OH excluding ortho intramolecular Hbond substituents is 1. The topological polar surface area (TPSA) is 92.8 Å². The van der Waals surface area contributed by atoms with E-state index in [1.807, 2.05) is 0 Å². The van der Waals surface area contributed by atoms with E-state index in [1.165, 1.54) is 6.07 Å². The van der Waals surface area contributed by atoms with Gasteiger partial charge in [-0.2, -0.15) is 0 Å². The highest BCUT2D eigenvalue weighted by Crippen LogP contribution is 2.32. The van der Waals surface area contributed by atoms with Crippen LogP contribution in [0, 0.1) is 0 Å². The highest BCUT2D eigenvalue weighted by molar-refractivity contribution is 5.76. The highest BCUT2D eigenvalue weighted by atomic mass is 16.5. The minimum atomic E-state index is -1.24. The van der Waals surface area contributed by atoms with Gasteiger partial charge in [0.1, 0.15) is 6.04 Å². The third-order valence-electron chi connectivity index (χ3n) is 1.93. The van der Waals surface area contributed by atoms with Crippen LogP contribution in [0.4, 0.5) is 0 Å². The van der Waals surface area contributed by atoms with Gasteiger partial charge in [-0.05, 0) is 13.0 Å². The van der Waals surface area contributed by atoms with E-state index < -0.39 is 12.0 Å². The number of carboxylic acids is 1. The van der Waals surface area contributed by atoms with Gasteiger partial charge in [0.15, 0.2) is 11.5 Å². The summed E-state index contributed by atoms with van der Waals surface area (Å²) in [4.78, 5) is 10.6. The molecule has 0 saturated carbocycles. The number of phenols is 1. The summed E-state index contributed by atoms with van der Waals surface area (Å²) in [5.41, 5.74) is 5.54. The molecule has 4 N–H and O–H groups in total. The first-order valence-corrected chi connectivity index (χ1v) is 4.51. The molecule has 0 amide bonds. The Kier molecular flexibility index (Phi) is 3.51. The number of rotatable bonds is 4. The molecule has 0 spiro atoms. The number of hydrogen-bond donors (Lipinski definition) is 3. The van der Waals surface area contributed by atoms with E-state index in [0.717, 1.165) is 0 Å². The number of carboxylic acid groups (broad SMARTS) is 1. The minimum absolute atomic E-state index is 0.147. The van der Waals surface area contributed by atoms with Crippen molar-refractivity contribution in [1.82, 2.24) is 0 Å². The Bertz CT molecular complexity index is 364. The number of ether oxygens (including phenoxy) is 1. The molecule has 1 rings (SSSR count). The van der Waals surface area contributed by atoms with Crippen LogP contribution in [-0.4, -0.2) is 22.8 Å². The predicted molar refractivity (Wildman–Crippen MR) is 53.8 cm³/mol. The van der Waals surface area contributed by atoms with E-state index in [2.05, 4.69) is 0 Å². The molecule has 0 radical (unpaired) electrons. The Morgan fingerprint density at radius 2 is 2.27 bits per heavy atom. The van der Waals surface area contributed by atoms with Crippen LogP contribution in [0.15, 0.2) is 18.2 Å². The van der Waals surface area contributed by atoms with Gasteiger partial charge in [0.25, 0.3) is 0 Å². The van der Waals surface area contributed by atoms with Crippen LogP contribution in [0.25, 0.3) is 0 Å². The molecule has 82 valence electrons. The summed E-state index contributed by atoms with van der Waals surface area (Å²) in [5, 5.41) is 18.4. The molecule has 15 heavy (non-hydrogen) atoms. The quantitative estimate of drug-likeness (QED) is 0.687. The van der Waals surface area contributed by atoms with Crippen LogP contribution >= 0.6 is 0 Å². The third-order valence-corrected chi connectivity index (χ3v) is 1.93. The van der Waals surface area contributed by atoms with Gasteiger partial charge in [0, 0.05) is 5.56 Å². The van der Waals surface area contributed by atoms with E-state index in [9.17, 15) is 9.90 Å². The van der Waals surface area contributed by atoms with Crippen molar-refractivity contribution >= 4 is 5.97 Å². The summed E-state index contributed by atoms with van der Waals surface area (Å²) in [7, 11) is 0. The van der Waals surface area contributed by atoms with Gasteiger partial charge in [0.2, 0.25) is 0 Å². The average Bonchev–Trinajstić information content (AvgIpc) is 2.20. The van der Waals surface area contributed by atoms with Crippen LogP contribution < -0.4 is 10.5 Å². The van der Waals surface area contributed by atoms with Crippen molar-refractivity contribution in [3.05, 3.63) is 23.8 Å². The lowest BCUT2D eigenvalue weighted by atomic mass is 10.1. The smallest absolute Gasteiger partial charge is 0.325 e. The zero-order valence-corrected chi connectivity index (χ0v) is 8.30. The number of hydrogen-bond acceptors (Lipinski definition) is 4. The summed E-state index contributed by atoms with van der Waals surface area (Å²) in [6.45, 7) is 2.16. The predicted octanol–water partition coefficient (Wildman–Crippen LogP) is 0.875. The van der Waals surface area contributed by atoms with Crippen molar-refractivity contribution in [2.45, 2.75) is 13.0 Å². The second-order valence-corrected chi connectivity index (χ2v) is 2.94. The maximum absolute atomic E-state index is 10.6.